The number of sulfonamides is 1. The molecule has 2 N–H and O–H groups in total. The normalized spacial score (nSPS) is 11.8. The van der Waals surface area contributed by atoms with E-state index >= 15 is 0 Å². The second kappa shape index (κ2) is 5.79. The van der Waals surface area contributed by atoms with Crippen LogP contribution in [0, 0.1) is 11.6 Å². The molecule has 2 aromatic carbocycles. The van der Waals surface area contributed by atoms with Gasteiger partial charge in [-0.15, -0.1) is 0 Å². The van der Waals surface area contributed by atoms with Crippen molar-refractivity contribution in [1.82, 2.24) is 4.31 Å². The predicted octanol–water partition coefficient (Wildman–Crippen LogP) is 2.37. The highest BCUT2D eigenvalue weighted by molar-refractivity contribution is 7.89. The molecule has 0 fully saturated rings. The third-order valence-electron chi connectivity index (χ3n) is 2.92. The molecule has 0 atom stereocenters. The Morgan fingerprint density at radius 2 is 1.67 bits per heavy atom. The summed E-state index contributed by atoms with van der Waals surface area (Å²) in [5.74, 6) is -1.12. The van der Waals surface area contributed by atoms with Crippen LogP contribution in [-0.4, -0.2) is 19.8 Å². The molecule has 0 unspecified atom stereocenters. The van der Waals surface area contributed by atoms with Crippen molar-refractivity contribution in [3.8, 4) is 0 Å². The smallest absolute Gasteiger partial charge is 0.243 e. The first-order valence-electron chi connectivity index (χ1n) is 6.06. The molecule has 2 rings (SSSR count). The first kappa shape index (κ1) is 15.4. The van der Waals surface area contributed by atoms with Crippen LogP contribution < -0.4 is 5.73 Å². The van der Waals surface area contributed by atoms with Gasteiger partial charge in [0.05, 0.1) is 4.90 Å². The van der Waals surface area contributed by atoms with Crippen molar-refractivity contribution in [2.24, 2.45) is 0 Å². The highest BCUT2D eigenvalue weighted by Gasteiger charge is 2.22. The summed E-state index contributed by atoms with van der Waals surface area (Å²) in [4.78, 5) is -0.218. The highest BCUT2D eigenvalue weighted by atomic mass is 32.2. The number of rotatable bonds is 4. The van der Waals surface area contributed by atoms with Crippen LogP contribution in [-0.2, 0) is 16.6 Å². The summed E-state index contributed by atoms with van der Waals surface area (Å²) < 4.78 is 51.8. The third kappa shape index (κ3) is 3.56. The van der Waals surface area contributed by atoms with Gasteiger partial charge in [-0.3, -0.25) is 0 Å². The van der Waals surface area contributed by atoms with E-state index in [4.69, 9.17) is 5.73 Å². The zero-order valence-corrected chi connectivity index (χ0v) is 12.1. The van der Waals surface area contributed by atoms with E-state index in [9.17, 15) is 17.2 Å². The second-order valence-corrected chi connectivity index (χ2v) is 6.65. The van der Waals surface area contributed by atoms with Crippen molar-refractivity contribution in [3.05, 3.63) is 59.7 Å². The summed E-state index contributed by atoms with van der Waals surface area (Å²) in [7, 11) is -2.51. The molecule has 0 saturated heterocycles. The molecule has 0 saturated carbocycles. The number of hydrogen-bond acceptors (Lipinski definition) is 3. The Labute approximate surface area is 121 Å². The van der Waals surface area contributed by atoms with E-state index in [-0.39, 0.29) is 17.1 Å². The lowest BCUT2D eigenvalue weighted by atomic mass is 10.2. The Balaban J connectivity index is 2.28. The average molecular weight is 312 g/mol. The van der Waals surface area contributed by atoms with Crippen molar-refractivity contribution in [2.45, 2.75) is 11.4 Å². The van der Waals surface area contributed by atoms with E-state index in [1.165, 1.54) is 37.4 Å². The molecule has 0 aliphatic heterocycles. The van der Waals surface area contributed by atoms with Gasteiger partial charge in [-0.2, -0.15) is 4.31 Å². The zero-order valence-electron chi connectivity index (χ0n) is 11.3. The molecule has 7 heteroatoms. The van der Waals surface area contributed by atoms with Crippen LogP contribution in [0.1, 0.15) is 5.56 Å². The number of nitrogens with zero attached hydrogens (tertiary/aromatic N) is 1. The lowest BCUT2D eigenvalue weighted by molar-refractivity contribution is 0.465. The third-order valence-corrected chi connectivity index (χ3v) is 4.70. The van der Waals surface area contributed by atoms with E-state index < -0.39 is 21.7 Å². The minimum Gasteiger partial charge on any atom is -0.399 e. The molecular weight excluding hydrogens is 298 g/mol. The Hall–Kier alpha value is -1.99. The van der Waals surface area contributed by atoms with Gasteiger partial charge in [0.2, 0.25) is 10.0 Å². The highest BCUT2D eigenvalue weighted by Crippen LogP contribution is 2.20. The lowest BCUT2D eigenvalue weighted by Gasteiger charge is -2.17. The summed E-state index contributed by atoms with van der Waals surface area (Å²) in [6.45, 7) is 0.0407. The number of hydrogen-bond donors (Lipinski definition) is 1. The first-order chi connectivity index (χ1) is 9.79. The Bertz CT molecular complexity index is 726. The monoisotopic (exact) mass is 312 g/mol. The van der Waals surface area contributed by atoms with Crippen molar-refractivity contribution < 1.29 is 17.2 Å². The van der Waals surface area contributed by atoms with E-state index in [2.05, 4.69) is 0 Å². The van der Waals surface area contributed by atoms with Gasteiger partial charge < -0.3 is 5.73 Å². The van der Waals surface area contributed by atoms with E-state index in [1.54, 1.807) is 0 Å². The molecule has 0 heterocycles. The molecule has 0 aliphatic carbocycles. The fourth-order valence-corrected chi connectivity index (χ4v) is 3.07. The maximum atomic E-state index is 13.3. The summed E-state index contributed by atoms with van der Waals surface area (Å²) in [6, 6.07) is 8.61. The van der Waals surface area contributed by atoms with E-state index in [0.29, 0.717) is 5.56 Å². The Morgan fingerprint density at radius 1 is 1.05 bits per heavy atom. The number of halogens is 2. The largest absolute Gasteiger partial charge is 0.399 e. The molecule has 112 valence electrons. The molecule has 0 aromatic heterocycles. The van der Waals surface area contributed by atoms with Crippen molar-refractivity contribution in [2.75, 3.05) is 12.8 Å². The summed E-state index contributed by atoms with van der Waals surface area (Å²) in [6.07, 6.45) is 0. The van der Waals surface area contributed by atoms with Gasteiger partial charge in [-0.05, 0) is 35.9 Å². The molecule has 0 bridgehead atoms. The molecule has 0 spiro atoms. The SMILES string of the molecule is CN(Cc1ccc(F)cc1)S(=O)(=O)c1cc(N)cc(F)c1. The number of nitrogen functional groups attached to an aromatic ring is 1. The van der Waals surface area contributed by atoms with E-state index in [0.717, 1.165) is 16.4 Å². The van der Waals surface area contributed by atoms with E-state index in [1.807, 2.05) is 0 Å². The van der Waals surface area contributed by atoms with Gasteiger partial charge in [-0.1, -0.05) is 12.1 Å². The quantitative estimate of drug-likeness (QED) is 0.882. The predicted molar refractivity (Wildman–Crippen MR) is 75.9 cm³/mol. The topological polar surface area (TPSA) is 63.4 Å². The first-order valence-corrected chi connectivity index (χ1v) is 7.50. The fraction of sp³-hybridized carbons (Fsp3) is 0.143. The Morgan fingerprint density at radius 3 is 2.24 bits per heavy atom. The van der Waals surface area contributed by atoms with Crippen LogP contribution in [0.2, 0.25) is 0 Å². The summed E-state index contributed by atoms with van der Waals surface area (Å²) in [5.41, 5.74) is 6.11. The minimum absolute atomic E-state index is 0.0313. The number of nitrogens with two attached hydrogens (primary N) is 1. The maximum Gasteiger partial charge on any atom is 0.243 e. The van der Waals surface area contributed by atoms with Gasteiger partial charge in [0.25, 0.3) is 0 Å². The van der Waals surface area contributed by atoms with Gasteiger partial charge >= 0.3 is 0 Å². The van der Waals surface area contributed by atoms with Gasteiger partial charge in [0, 0.05) is 19.3 Å². The van der Waals surface area contributed by atoms with Crippen molar-refractivity contribution in [1.29, 1.82) is 0 Å². The molecule has 21 heavy (non-hydrogen) atoms. The lowest BCUT2D eigenvalue weighted by Crippen LogP contribution is -2.26. The molecule has 0 aliphatic rings. The van der Waals surface area contributed by atoms with Crippen LogP contribution in [0.3, 0.4) is 0 Å². The van der Waals surface area contributed by atoms with Crippen LogP contribution in [0.5, 0.6) is 0 Å². The minimum atomic E-state index is -3.87. The van der Waals surface area contributed by atoms with Crippen LogP contribution in [0.4, 0.5) is 14.5 Å². The van der Waals surface area contributed by atoms with Crippen molar-refractivity contribution in [3.63, 3.8) is 0 Å². The van der Waals surface area contributed by atoms with Crippen LogP contribution >= 0.6 is 0 Å². The number of benzene rings is 2. The van der Waals surface area contributed by atoms with Crippen LogP contribution in [0.25, 0.3) is 0 Å². The molecule has 0 radical (unpaired) electrons. The summed E-state index contributed by atoms with van der Waals surface area (Å²) in [5, 5.41) is 0. The van der Waals surface area contributed by atoms with Crippen LogP contribution in [0.15, 0.2) is 47.4 Å². The average Bonchev–Trinajstić information content (AvgIpc) is 2.40. The van der Waals surface area contributed by atoms with Crippen molar-refractivity contribution >= 4 is 15.7 Å². The second-order valence-electron chi connectivity index (χ2n) is 4.61. The zero-order chi connectivity index (χ0) is 15.6. The summed E-state index contributed by atoms with van der Waals surface area (Å²) >= 11 is 0. The standard InChI is InChI=1S/C14H14F2N2O2S/c1-18(9-10-2-4-11(15)5-3-10)21(19,20)14-7-12(16)6-13(17)8-14/h2-8H,9,17H2,1H3. The fourth-order valence-electron chi connectivity index (χ4n) is 1.85. The maximum absolute atomic E-state index is 13.3. The Kier molecular flexibility index (Phi) is 4.24. The molecular formula is C14H14F2N2O2S. The van der Waals surface area contributed by atoms with Gasteiger partial charge in [0.15, 0.2) is 0 Å². The van der Waals surface area contributed by atoms with Gasteiger partial charge in [0.1, 0.15) is 11.6 Å². The molecule has 4 nitrogen and oxygen atoms in total. The number of anilines is 1. The molecule has 0 amide bonds. The van der Waals surface area contributed by atoms with Gasteiger partial charge in [-0.25, -0.2) is 17.2 Å². The molecule has 2 aromatic rings.